The van der Waals surface area contributed by atoms with Gasteiger partial charge in [0.1, 0.15) is 0 Å². The number of hydrogen-bond donors (Lipinski definition) is 0. The van der Waals surface area contributed by atoms with Gasteiger partial charge in [-0.05, 0) is 26.7 Å². The first-order valence-electron chi connectivity index (χ1n) is 2.06. The molecule has 0 amide bonds. The summed E-state index contributed by atoms with van der Waals surface area (Å²) >= 11 is 0. The lowest BCUT2D eigenvalue weighted by Gasteiger charge is -1.72. The van der Waals surface area contributed by atoms with E-state index in [1.54, 1.807) is 0 Å². The second-order valence-electron chi connectivity index (χ2n) is 0.996. The van der Waals surface area contributed by atoms with Crippen LogP contribution in [-0.2, 0) is 0 Å². The van der Waals surface area contributed by atoms with Gasteiger partial charge in [-0.1, -0.05) is 12.2 Å². The quantitative estimate of drug-likeness (QED) is 0.445. The van der Waals surface area contributed by atoms with Crippen molar-refractivity contribution in [1.82, 2.24) is 0 Å². The molecule has 0 heteroatoms. The summed E-state index contributed by atoms with van der Waals surface area (Å²) in [5.41, 5.74) is 0. The average molecular weight is 81.1 g/mol. The molecule has 0 aromatic rings. The Balaban J connectivity index is 2.73. The van der Waals surface area contributed by atoms with Crippen LogP contribution in [0.15, 0.2) is 12.2 Å². The Bertz CT molecular complexity index is 29.3. The van der Waals surface area contributed by atoms with Crippen LogP contribution in [0, 0.1) is 13.8 Å². The minimum absolute atomic E-state index is 0.634. The van der Waals surface area contributed by atoms with E-state index in [0.29, 0.717) is 6.42 Å². The molecule has 0 N–H and O–H groups in total. The maximum absolute atomic E-state index is 5.10. The predicted molar refractivity (Wildman–Crippen MR) is 28.0 cm³/mol. The van der Waals surface area contributed by atoms with Crippen LogP contribution in [0.1, 0.15) is 12.8 Å². The number of hydrogen-bond acceptors (Lipinski definition) is 0. The van der Waals surface area contributed by atoms with Gasteiger partial charge in [0.2, 0.25) is 0 Å². The van der Waals surface area contributed by atoms with Crippen LogP contribution >= 0.6 is 0 Å². The molecule has 0 aromatic heterocycles. The highest BCUT2D eigenvalue weighted by molar-refractivity contribution is 4.82. The van der Waals surface area contributed by atoms with E-state index in [1.165, 1.54) is 0 Å². The molecule has 3 radical (unpaired) electrons. The van der Waals surface area contributed by atoms with Crippen molar-refractivity contribution >= 4 is 0 Å². The van der Waals surface area contributed by atoms with Gasteiger partial charge >= 0.3 is 0 Å². The Hall–Kier alpha value is -0.260. The Morgan fingerprint density at radius 3 is 2.33 bits per heavy atom. The predicted octanol–water partition coefficient (Wildman–Crippen LogP) is 1.87. The molecule has 0 aliphatic carbocycles. The van der Waals surface area contributed by atoms with Gasteiger partial charge in [0.25, 0.3) is 0 Å². The van der Waals surface area contributed by atoms with Crippen molar-refractivity contribution in [2.45, 2.75) is 12.8 Å². The second kappa shape index (κ2) is 4.74. The molecule has 0 atom stereocenters. The fourth-order valence-electron chi connectivity index (χ4n) is 0.214. The minimum Gasteiger partial charge on any atom is -0.0885 e. The van der Waals surface area contributed by atoms with Crippen molar-refractivity contribution in [1.29, 1.82) is 0 Å². The van der Waals surface area contributed by atoms with Crippen molar-refractivity contribution in [3.8, 4) is 0 Å². The first-order chi connectivity index (χ1) is 2.91. The first-order valence-corrected chi connectivity index (χ1v) is 2.06. The van der Waals surface area contributed by atoms with E-state index in [1.807, 2.05) is 12.2 Å². The van der Waals surface area contributed by atoms with E-state index in [2.05, 4.69) is 6.92 Å². The van der Waals surface area contributed by atoms with Crippen molar-refractivity contribution in [2.24, 2.45) is 0 Å². The Labute approximate surface area is 39.9 Å². The van der Waals surface area contributed by atoms with E-state index in [9.17, 15) is 0 Å². The molecule has 0 spiro atoms. The van der Waals surface area contributed by atoms with Gasteiger partial charge in [-0.25, -0.2) is 0 Å². The van der Waals surface area contributed by atoms with Gasteiger partial charge in [0.05, 0.1) is 0 Å². The SMILES string of the molecule is [CH]C/C=C/C[CH2]. The maximum atomic E-state index is 5.10. The summed E-state index contributed by atoms with van der Waals surface area (Å²) < 4.78 is 0. The Kier molecular flexibility index (Phi) is 4.53. The molecule has 0 aliphatic rings. The van der Waals surface area contributed by atoms with E-state index in [-0.39, 0.29) is 0 Å². The Morgan fingerprint density at radius 2 is 2.17 bits per heavy atom. The topological polar surface area (TPSA) is 0 Å². The first kappa shape index (κ1) is 5.74. The van der Waals surface area contributed by atoms with Crippen molar-refractivity contribution < 1.29 is 0 Å². The van der Waals surface area contributed by atoms with Gasteiger partial charge in [-0.15, -0.1) is 0 Å². The van der Waals surface area contributed by atoms with Crippen LogP contribution in [0.4, 0.5) is 0 Å². The molecule has 0 nitrogen and oxygen atoms in total. The van der Waals surface area contributed by atoms with Crippen LogP contribution in [0.2, 0.25) is 0 Å². The van der Waals surface area contributed by atoms with E-state index in [4.69, 9.17) is 6.92 Å². The fraction of sp³-hybridized carbons (Fsp3) is 0.333. The summed E-state index contributed by atoms with van der Waals surface area (Å²) in [7, 11) is 0. The minimum atomic E-state index is 0.634. The summed E-state index contributed by atoms with van der Waals surface area (Å²) in [6.07, 6.45) is 5.32. The van der Waals surface area contributed by atoms with Gasteiger partial charge < -0.3 is 0 Å². The maximum Gasteiger partial charge on any atom is -0.0311 e. The highest BCUT2D eigenvalue weighted by Crippen LogP contribution is 1.80. The molecular formula is C6H9. The largest absolute Gasteiger partial charge is 0.0885 e. The molecule has 0 aromatic carbocycles. The van der Waals surface area contributed by atoms with Gasteiger partial charge in [-0.3, -0.25) is 0 Å². The van der Waals surface area contributed by atoms with Crippen molar-refractivity contribution in [2.75, 3.05) is 0 Å². The summed E-state index contributed by atoms with van der Waals surface area (Å²) in [5, 5.41) is 0. The smallest absolute Gasteiger partial charge is 0.0311 e. The highest BCUT2D eigenvalue weighted by Gasteiger charge is 1.60. The van der Waals surface area contributed by atoms with Crippen LogP contribution < -0.4 is 0 Å². The van der Waals surface area contributed by atoms with E-state index < -0.39 is 0 Å². The van der Waals surface area contributed by atoms with Gasteiger partial charge in [0.15, 0.2) is 0 Å². The highest BCUT2D eigenvalue weighted by atomic mass is 13.7. The van der Waals surface area contributed by atoms with E-state index >= 15 is 0 Å². The molecule has 0 unspecified atom stereocenters. The van der Waals surface area contributed by atoms with Crippen LogP contribution in [-0.4, -0.2) is 0 Å². The van der Waals surface area contributed by atoms with Crippen LogP contribution in [0.3, 0.4) is 0 Å². The monoisotopic (exact) mass is 81.1 g/mol. The lowest BCUT2D eigenvalue weighted by molar-refractivity contribution is 1.31. The van der Waals surface area contributed by atoms with Gasteiger partial charge in [-0.2, -0.15) is 0 Å². The van der Waals surface area contributed by atoms with Crippen LogP contribution in [0.25, 0.3) is 0 Å². The molecule has 0 heterocycles. The average Bonchev–Trinajstić information content (AvgIpc) is 1.61. The zero-order chi connectivity index (χ0) is 4.83. The molecule has 0 bridgehead atoms. The zero-order valence-electron chi connectivity index (χ0n) is 3.85. The molecule has 0 fully saturated rings. The summed E-state index contributed by atoms with van der Waals surface area (Å²) in [4.78, 5) is 0. The van der Waals surface area contributed by atoms with Crippen LogP contribution in [0.5, 0.6) is 0 Å². The fourth-order valence-corrected chi connectivity index (χ4v) is 0.214. The molecule has 6 heavy (non-hydrogen) atoms. The number of rotatable bonds is 2. The lowest BCUT2D eigenvalue weighted by Crippen LogP contribution is -1.52. The van der Waals surface area contributed by atoms with Gasteiger partial charge in [0, 0.05) is 0 Å². The van der Waals surface area contributed by atoms with E-state index in [0.717, 1.165) is 6.42 Å². The second-order valence-corrected chi connectivity index (χ2v) is 0.996. The third kappa shape index (κ3) is 3.74. The summed E-state index contributed by atoms with van der Waals surface area (Å²) in [6, 6.07) is 0. The standard InChI is InChI=1S/C6H9/c1-3-5-6-4-2/h1,5-6H,2-4H2/b6-5+. The molecule has 0 aliphatic heterocycles. The zero-order valence-corrected chi connectivity index (χ0v) is 3.85. The lowest BCUT2D eigenvalue weighted by atomic mass is 10.4. The molecular weight excluding hydrogens is 72.1 g/mol. The Morgan fingerprint density at radius 1 is 1.50 bits per heavy atom. The third-order valence-corrected chi connectivity index (χ3v) is 0.469. The third-order valence-electron chi connectivity index (χ3n) is 0.469. The summed E-state index contributed by atoms with van der Waals surface area (Å²) in [6.45, 7) is 8.68. The molecule has 33 valence electrons. The number of allylic oxidation sites excluding steroid dienone is 2. The summed E-state index contributed by atoms with van der Waals surface area (Å²) in [5.74, 6) is 0. The molecule has 0 saturated carbocycles. The van der Waals surface area contributed by atoms with Crippen molar-refractivity contribution in [3.05, 3.63) is 26.0 Å². The molecule has 0 saturated heterocycles. The molecule has 0 rings (SSSR count). The van der Waals surface area contributed by atoms with Crippen molar-refractivity contribution in [3.63, 3.8) is 0 Å². The normalized spacial score (nSPS) is 10.3.